The van der Waals surface area contributed by atoms with E-state index in [-0.39, 0.29) is 6.04 Å². The Hall–Kier alpha value is -1.20. The minimum absolute atomic E-state index is 0.251. The summed E-state index contributed by atoms with van der Waals surface area (Å²) in [6.07, 6.45) is 3.25. The predicted octanol–water partition coefficient (Wildman–Crippen LogP) is 2.16. The summed E-state index contributed by atoms with van der Waals surface area (Å²) in [4.78, 5) is 2.35. The third kappa shape index (κ3) is 3.88. The Labute approximate surface area is 112 Å². The molecule has 0 spiro atoms. The van der Waals surface area contributed by atoms with Gasteiger partial charge in [0.2, 0.25) is 0 Å². The van der Waals surface area contributed by atoms with Gasteiger partial charge in [0.05, 0.1) is 0 Å². The predicted molar refractivity (Wildman–Crippen MR) is 70.1 cm³/mol. The molecule has 0 bridgehead atoms. The maximum Gasteiger partial charge on any atom is 0.162 e. The summed E-state index contributed by atoms with van der Waals surface area (Å²) in [5.41, 5.74) is 5.62. The van der Waals surface area contributed by atoms with E-state index in [0.29, 0.717) is 18.9 Å². The third-order valence-corrected chi connectivity index (χ3v) is 3.49. The molecule has 1 aromatic rings. The third-order valence-electron chi connectivity index (χ3n) is 3.49. The van der Waals surface area contributed by atoms with Crippen molar-refractivity contribution in [3.05, 3.63) is 29.8 Å². The van der Waals surface area contributed by atoms with Crippen molar-refractivity contribution >= 4 is 0 Å². The molecular weight excluding hydrogens is 250 g/mol. The van der Waals surface area contributed by atoms with E-state index in [0.717, 1.165) is 31.6 Å². The number of nitrogens with two attached hydrogens (primary N) is 1. The molecule has 1 aromatic carbocycles. The lowest BCUT2D eigenvalue weighted by atomic mass is 10.2. The van der Waals surface area contributed by atoms with Crippen LogP contribution >= 0.6 is 0 Å². The first-order chi connectivity index (χ1) is 9.20. The average Bonchev–Trinajstić information content (AvgIpc) is 2.92. The first-order valence-corrected chi connectivity index (χ1v) is 6.72. The Morgan fingerprint density at radius 2 is 1.95 bits per heavy atom. The largest absolute Gasteiger partial charge is 0.492 e. The van der Waals surface area contributed by atoms with E-state index in [1.807, 2.05) is 0 Å². The van der Waals surface area contributed by atoms with E-state index >= 15 is 0 Å². The van der Waals surface area contributed by atoms with Crippen molar-refractivity contribution in [3.8, 4) is 5.75 Å². The molecule has 1 atom stereocenters. The maximum atomic E-state index is 13.1. The molecule has 0 aromatic heterocycles. The van der Waals surface area contributed by atoms with Crippen molar-refractivity contribution in [2.75, 3.05) is 26.2 Å². The lowest BCUT2D eigenvalue weighted by Gasteiger charge is -2.27. The number of halogens is 2. The first-order valence-electron chi connectivity index (χ1n) is 6.72. The summed E-state index contributed by atoms with van der Waals surface area (Å²) in [5, 5.41) is 0. The molecule has 3 nitrogen and oxygen atoms in total. The molecule has 0 saturated carbocycles. The Kier molecular flexibility index (Phi) is 5.10. The van der Waals surface area contributed by atoms with Gasteiger partial charge in [0.25, 0.3) is 0 Å². The molecule has 106 valence electrons. The zero-order valence-corrected chi connectivity index (χ0v) is 10.9. The number of hydrogen-bond acceptors (Lipinski definition) is 3. The molecule has 0 amide bonds. The average molecular weight is 270 g/mol. The number of likely N-dealkylation sites (tertiary alicyclic amines) is 1. The van der Waals surface area contributed by atoms with Crippen LogP contribution in [-0.4, -0.2) is 37.2 Å². The number of hydrogen-bond donors (Lipinski definition) is 1. The summed E-state index contributed by atoms with van der Waals surface area (Å²) in [7, 11) is 0. The molecule has 1 unspecified atom stereocenters. The van der Waals surface area contributed by atoms with Crippen molar-refractivity contribution in [1.82, 2.24) is 4.90 Å². The van der Waals surface area contributed by atoms with Crippen LogP contribution in [0.4, 0.5) is 8.78 Å². The number of ether oxygens (including phenoxy) is 1. The smallest absolute Gasteiger partial charge is 0.162 e. The molecule has 1 aliphatic rings. The Balaban J connectivity index is 1.91. The molecule has 0 aliphatic carbocycles. The number of rotatable bonds is 6. The Morgan fingerprint density at radius 1 is 1.21 bits per heavy atom. The van der Waals surface area contributed by atoms with E-state index < -0.39 is 11.6 Å². The van der Waals surface area contributed by atoms with Crippen LogP contribution in [0.15, 0.2) is 18.2 Å². The molecular formula is C14H20F2N2O. The quantitative estimate of drug-likeness (QED) is 0.861. The highest BCUT2D eigenvalue weighted by atomic mass is 19.2. The van der Waals surface area contributed by atoms with Crippen molar-refractivity contribution in [2.24, 2.45) is 5.73 Å². The molecule has 2 rings (SSSR count). The van der Waals surface area contributed by atoms with Gasteiger partial charge in [0.1, 0.15) is 12.4 Å². The Morgan fingerprint density at radius 3 is 2.58 bits per heavy atom. The van der Waals surface area contributed by atoms with Gasteiger partial charge in [0, 0.05) is 12.1 Å². The van der Waals surface area contributed by atoms with E-state index in [4.69, 9.17) is 10.5 Å². The minimum atomic E-state index is -0.881. The van der Waals surface area contributed by atoms with Gasteiger partial charge in [-0.1, -0.05) is 0 Å². The molecule has 5 heteroatoms. The van der Waals surface area contributed by atoms with Gasteiger partial charge in [-0.2, -0.15) is 0 Å². The van der Waals surface area contributed by atoms with Gasteiger partial charge in [-0.15, -0.1) is 0 Å². The second kappa shape index (κ2) is 6.82. The molecule has 0 radical (unpaired) electrons. The normalized spacial score (nSPS) is 17.6. The van der Waals surface area contributed by atoms with Crippen LogP contribution in [0.1, 0.15) is 19.3 Å². The second-order valence-electron chi connectivity index (χ2n) is 4.86. The molecule has 1 heterocycles. The van der Waals surface area contributed by atoms with Crippen LogP contribution < -0.4 is 10.5 Å². The highest BCUT2D eigenvalue weighted by molar-refractivity contribution is 5.23. The molecule has 1 fully saturated rings. The second-order valence-corrected chi connectivity index (χ2v) is 4.86. The van der Waals surface area contributed by atoms with E-state index in [9.17, 15) is 8.78 Å². The van der Waals surface area contributed by atoms with Crippen LogP contribution in [0.2, 0.25) is 0 Å². The van der Waals surface area contributed by atoms with Gasteiger partial charge < -0.3 is 10.5 Å². The lowest BCUT2D eigenvalue weighted by molar-refractivity contribution is 0.153. The minimum Gasteiger partial charge on any atom is -0.492 e. The van der Waals surface area contributed by atoms with E-state index in [1.54, 1.807) is 0 Å². The van der Waals surface area contributed by atoms with Gasteiger partial charge in [-0.25, -0.2) is 8.78 Å². The highest BCUT2D eigenvalue weighted by Gasteiger charge is 2.21. The van der Waals surface area contributed by atoms with Crippen molar-refractivity contribution in [3.63, 3.8) is 0 Å². The summed E-state index contributed by atoms with van der Waals surface area (Å²) >= 11 is 0. The van der Waals surface area contributed by atoms with Gasteiger partial charge >= 0.3 is 0 Å². The molecule has 1 aliphatic heterocycles. The molecule has 19 heavy (non-hydrogen) atoms. The zero-order valence-electron chi connectivity index (χ0n) is 10.9. The lowest BCUT2D eigenvalue weighted by Crippen LogP contribution is -2.39. The van der Waals surface area contributed by atoms with Crippen LogP contribution in [0.3, 0.4) is 0 Å². The van der Waals surface area contributed by atoms with Crippen molar-refractivity contribution in [1.29, 1.82) is 0 Å². The standard InChI is InChI=1S/C14H20F2N2O/c15-13-4-3-12(9-14(13)16)19-10-11(5-6-17)18-7-1-2-8-18/h3-4,9,11H,1-2,5-8,10,17H2. The van der Waals surface area contributed by atoms with Crippen LogP contribution in [-0.2, 0) is 0 Å². The van der Waals surface area contributed by atoms with Crippen LogP contribution in [0.25, 0.3) is 0 Å². The highest BCUT2D eigenvalue weighted by Crippen LogP contribution is 2.18. The van der Waals surface area contributed by atoms with Gasteiger partial charge in [-0.3, -0.25) is 4.90 Å². The van der Waals surface area contributed by atoms with Gasteiger partial charge in [0.15, 0.2) is 11.6 Å². The maximum absolute atomic E-state index is 13.1. The summed E-state index contributed by atoms with van der Waals surface area (Å²) < 4.78 is 31.4. The summed E-state index contributed by atoms with van der Waals surface area (Å²) in [6, 6.07) is 3.86. The van der Waals surface area contributed by atoms with E-state index in [1.165, 1.54) is 18.9 Å². The van der Waals surface area contributed by atoms with Crippen molar-refractivity contribution < 1.29 is 13.5 Å². The fourth-order valence-electron chi connectivity index (χ4n) is 2.43. The number of benzene rings is 1. The van der Waals surface area contributed by atoms with Crippen molar-refractivity contribution in [2.45, 2.75) is 25.3 Å². The summed E-state index contributed by atoms with van der Waals surface area (Å²) in [5.74, 6) is -1.38. The van der Waals surface area contributed by atoms with Gasteiger partial charge in [-0.05, 0) is 51.0 Å². The monoisotopic (exact) mass is 270 g/mol. The first kappa shape index (κ1) is 14.2. The molecule has 1 saturated heterocycles. The number of nitrogens with zero attached hydrogens (tertiary/aromatic N) is 1. The fraction of sp³-hybridized carbons (Fsp3) is 0.571. The molecule has 2 N–H and O–H groups in total. The fourth-order valence-corrected chi connectivity index (χ4v) is 2.43. The van der Waals surface area contributed by atoms with Crippen LogP contribution in [0, 0.1) is 11.6 Å². The van der Waals surface area contributed by atoms with E-state index in [2.05, 4.69) is 4.90 Å². The Bertz CT molecular complexity index is 408. The summed E-state index contributed by atoms with van der Waals surface area (Å²) in [6.45, 7) is 3.18. The topological polar surface area (TPSA) is 38.5 Å². The SMILES string of the molecule is NCCC(COc1ccc(F)c(F)c1)N1CCCC1. The zero-order chi connectivity index (χ0) is 13.7. The van der Waals surface area contributed by atoms with Crippen LogP contribution in [0.5, 0.6) is 5.75 Å².